The zero-order chi connectivity index (χ0) is 13.1. The van der Waals surface area contributed by atoms with Gasteiger partial charge < -0.3 is 15.4 Å². The molecule has 3 nitrogen and oxygen atoms in total. The fraction of sp³-hybridized carbons (Fsp3) is 0.200. The summed E-state index contributed by atoms with van der Waals surface area (Å²) in [5.41, 5.74) is 8.62. The van der Waals surface area contributed by atoms with E-state index >= 15 is 0 Å². The lowest BCUT2D eigenvalue weighted by molar-refractivity contribution is 0.479. The van der Waals surface area contributed by atoms with Gasteiger partial charge in [-0.25, -0.2) is 0 Å². The molecule has 18 heavy (non-hydrogen) atoms. The number of nitrogen functional groups attached to an aromatic ring is 1. The van der Waals surface area contributed by atoms with Crippen LogP contribution in [0, 0.1) is 6.92 Å². The maximum absolute atomic E-state index is 5.87. The van der Waals surface area contributed by atoms with Crippen LogP contribution in [0.4, 0.5) is 11.4 Å². The van der Waals surface area contributed by atoms with Crippen molar-refractivity contribution in [2.45, 2.75) is 6.92 Å². The zero-order valence-electron chi connectivity index (χ0n) is 11.0. The summed E-state index contributed by atoms with van der Waals surface area (Å²) in [5.74, 6) is 1.66. The Morgan fingerprint density at radius 1 is 1.06 bits per heavy atom. The lowest BCUT2D eigenvalue weighted by Crippen LogP contribution is -2.08. The molecule has 0 fully saturated rings. The lowest BCUT2D eigenvalue weighted by atomic mass is 10.2. The van der Waals surface area contributed by atoms with E-state index in [1.54, 1.807) is 0 Å². The van der Waals surface area contributed by atoms with Gasteiger partial charge >= 0.3 is 0 Å². The van der Waals surface area contributed by atoms with Crippen LogP contribution >= 0.6 is 0 Å². The van der Waals surface area contributed by atoms with Gasteiger partial charge in [0.2, 0.25) is 0 Å². The summed E-state index contributed by atoms with van der Waals surface area (Å²) >= 11 is 0. The molecule has 0 saturated heterocycles. The third-order valence-electron chi connectivity index (χ3n) is 2.76. The summed E-state index contributed by atoms with van der Waals surface area (Å²) in [6.07, 6.45) is 0. The average Bonchev–Trinajstić information content (AvgIpc) is 2.33. The zero-order valence-corrected chi connectivity index (χ0v) is 11.0. The van der Waals surface area contributed by atoms with Crippen LogP contribution < -0.4 is 15.4 Å². The van der Waals surface area contributed by atoms with Crippen molar-refractivity contribution < 1.29 is 4.74 Å². The van der Waals surface area contributed by atoms with E-state index in [9.17, 15) is 0 Å². The molecule has 3 heteroatoms. The summed E-state index contributed by atoms with van der Waals surface area (Å²) in [7, 11) is 4.02. The van der Waals surface area contributed by atoms with Crippen molar-refractivity contribution in [2.24, 2.45) is 0 Å². The van der Waals surface area contributed by atoms with Gasteiger partial charge in [0.1, 0.15) is 11.5 Å². The first-order chi connectivity index (χ1) is 8.56. The van der Waals surface area contributed by atoms with Gasteiger partial charge in [0.05, 0.1) is 0 Å². The van der Waals surface area contributed by atoms with E-state index in [-0.39, 0.29) is 0 Å². The smallest absolute Gasteiger partial charge is 0.130 e. The molecule has 0 radical (unpaired) electrons. The van der Waals surface area contributed by atoms with Crippen molar-refractivity contribution >= 4 is 11.4 Å². The molecule has 2 N–H and O–H groups in total. The minimum Gasteiger partial charge on any atom is -0.457 e. The number of hydrogen-bond donors (Lipinski definition) is 1. The van der Waals surface area contributed by atoms with Crippen molar-refractivity contribution in [2.75, 3.05) is 24.7 Å². The van der Waals surface area contributed by atoms with Gasteiger partial charge in [-0.15, -0.1) is 0 Å². The molecule has 0 unspecified atom stereocenters. The van der Waals surface area contributed by atoms with Crippen molar-refractivity contribution in [3.8, 4) is 11.5 Å². The molecule has 94 valence electrons. The summed E-state index contributed by atoms with van der Waals surface area (Å²) in [6, 6.07) is 13.6. The maximum Gasteiger partial charge on any atom is 0.130 e. The Balaban J connectivity index is 2.25. The van der Waals surface area contributed by atoms with Gasteiger partial charge in [-0.2, -0.15) is 0 Å². The summed E-state index contributed by atoms with van der Waals surface area (Å²) in [6.45, 7) is 1.99. The SMILES string of the molecule is Cc1cc(N)ccc1Oc1cccc(N(C)C)c1. The maximum atomic E-state index is 5.87. The Labute approximate surface area is 108 Å². The van der Waals surface area contributed by atoms with Gasteiger partial charge in [-0.05, 0) is 42.8 Å². The highest BCUT2D eigenvalue weighted by molar-refractivity contribution is 5.52. The van der Waals surface area contributed by atoms with E-state index in [0.29, 0.717) is 0 Å². The Bertz CT molecular complexity index is 550. The van der Waals surface area contributed by atoms with Crippen molar-refractivity contribution in [1.82, 2.24) is 0 Å². The van der Waals surface area contributed by atoms with Crippen LogP contribution in [0.3, 0.4) is 0 Å². The number of rotatable bonds is 3. The Morgan fingerprint density at radius 2 is 1.83 bits per heavy atom. The van der Waals surface area contributed by atoms with E-state index in [0.717, 1.165) is 28.4 Å². The molecule has 0 amide bonds. The second kappa shape index (κ2) is 5.00. The second-order valence-corrected chi connectivity index (χ2v) is 4.52. The highest BCUT2D eigenvalue weighted by atomic mass is 16.5. The van der Waals surface area contributed by atoms with Gasteiger partial charge in [-0.3, -0.25) is 0 Å². The molecule has 2 aromatic carbocycles. The summed E-state index contributed by atoms with van der Waals surface area (Å²) in [5, 5.41) is 0. The molecule has 0 aliphatic carbocycles. The summed E-state index contributed by atoms with van der Waals surface area (Å²) in [4.78, 5) is 2.04. The molecule has 0 heterocycles. The minimum atomic E-state index is 0.752. The number of nitrogens with two attached hydrogens (primary N) is 1. The van der Waals surface area contributed by atoms with Crippen LogP contribution in [0.1, 0.15) is 5.56 Å². The third kappa shape index (κ3) is 2.74. The van der Waals surface area contributed by atoms with Crippen LogP contribution in [0.2, 0.25) is 0 Å². The van der Waals surface area contributed by atoms with Crippen LogP contribution in [-0.4, -0.2) is 14.1 Å². The minimum absolute atomic E-state index is 0.752. The Hall–Kier alpha value is -2.16. The molecule has 2 rings (SSSR count). The Morgan fingerprint density at radius 3 is 2.50 bits per heavy atom. The molecule has 2 aromatic rings. The van der Waals surface area contributed by atoms with E-state index in [2.05, 4.69) is 0 Å². The van der Waals surface area contributed by atoms with Crippen LogP contribution in [0.5, 0.6) is 11.5 Å². The van der Waals surface area contributed by atoms with Crippen LogP contribution in [-0.2, 0) is 0 Å². The first-order valence-electron chi connectivity index (χ1n) is 5.87. The van der Waals surface area contributed by atoms with Gasteiger partial charge in [-0.1, -0.05) is 6.07 Å². The van der Waals surface area contributed by atoms with Gasteiger partial charge in [0, 0.05) is 31.5 Å². The summed E-state index contributed by atoms with van der Waals surface area (Å²) < 4.78 is 5.87. The first-order valence-corrected chi connectivity index (χ1v) is 5.87. The molecule has 0 spiro atoms. The largest absolute Gasteiger partial charge is 0.457 e. The van der Waals surface area contributed by atoms with E-state index < -0.39 is 0 Å². The second-order valence-electron chi connectivity index (χ2n) is 4.52. The molecule has 0 aliphatic rings. The normalized spacial score (nSPS) is 10.2. The molecular weight excluding hydrogens is 224 g/mol. The molecule has 0 aromatic heterocycles. The van der Waals surface area contributed by atoms with Crippen LogP contribution in [0.25, 0.3) is 0 Å². The standard InChI is InChI=1S/C15H18N2O/c1-11-9-12(16)7-8-15(11)18-14-6-4-5-13(10-14)17(2)3/h4-10H,16H2,1-3H3. The highest BCUT2D eigenvalue weighted by Crippen LogP contribution is 2.28. The van der Waals surface area contributed by atoms with E-state index in [4.69, 9.17) is 10.5 Å². The number of ether oxygens (including phenoxy) is 1. The van der Waals surface area contributed by atoms with Crippen molar-refractivity contribution in [3.05, 3.63) is 48.0 Å². The van der Waals surface area contributed by atoms with Crippen molar-refractivity contribution in [3.63, 3.8) is 0 Å². The molecule has 0 bridgehead atoms. The predicted octanol–water partition coefficient (Wildman–Crippen LogP) is 3.44. The number of aryl methyl sites for hydroxylation is 1. The lowest BCUT2D eigenvalue weighted by Gasteiger charge is -2.14. The molecule has 0 saturated carbocycles. The topological polar surface area (TPSA) is 38.5 Å². The number of hydrogen-bond acceptors (Lipinski definition) is 3. The third-order valence-corrected chi connectivity index (χ3v) is 2.76. The van der Waals surface area contributed by atoms with Gasteiger partial charge in [0.25, 0.3) is 0 Å². The number of anilines is 2. The first kappa shape index (κ1) is 12.3. The monoisotopic (exact) mass is 242 g/mol. The number of benzene rings is 2. The Kier molecular flexibility index (Phi) is 3.42. The predicted molar refractivity (Wildman–Crippen MR) is 76.4 cm³/mol. The number of nitrogens with zero attached hydrogens (tertiary/aromatic N) is 1. The average molecular weight is 242 g/mol. The van der Waals surface area contributed by atoms with E-state index in [1.165, 1.54) is 0 Å². The highest BCUT2D eigenvalue weighted by Gasteiger charge is 2.03. The molecular formula is C15H18N2O. The fourth-order valence-electron chi connectivity index (χ4n) is 1.74. The quantitative estimate of drug-likeness (QED) is 0.838. The molecule has 0 atom stereocenters. The van der Waals surface area contributed by atoms with Gasteiger partial charge in [0.15, 0.2) is 0 Å². The van der Waals surface area contributed by atoms with E-state index in [1.807, 2.05) is 68.4 Å². The van der Waals surface area contributed by atoms with Crippen molar-refractivity contribution in [1.29, 1.82) is 0 Å². The fourth-order valence-corrected chi connectivity index (χ4v) is 1.74. The molecule has 0 aliphatic heterocycles. The van der Waals surface area contributed by atoms with Crippen LogP contribution in [0.15, 0.2) is 42.5 Å².